The Balaban J connectivity index is 0. The van der Waals surface area contributed by atoms with Crippen LogP contribution in [0.15, 0.2) is 0 Å². The van der Waals surface area contributed by atoms with Gasteiger partial charge in [0.1, 0.15) is 0 Å². The van der Waals surface area contributed by atoms with E-state index in [1.165, 1.54) is 0 Å². The molecule has 2 N–H and O–H groups in total. The molecule has 0 bridgehead atoms. The second kappa shape index (κ2) is 13.4. The quantitative estimate of drug-likeness (QED) is 0.368. The van der Waals surface area contributed by atoms with Crippen molar-refractivity contribution in [3.8, 4) is 0 Å². The van der Waals surface area contributed by atoms with E-state index in [-0.39, 0.29) is 42.8 Å². The first-order valence-corrected chi connectivity index (χ1v) is 3.29. The second-order valence-corrected chi connectivity index (χ2v) is 1.67. The van der Waals surface area contributed by atoms with E-state index in [0.29, 0.717) is 26.4 Å². The van der Waals surface area contributed by atoms with Gasteiger partial charge in [-0.1, -0.05) is 0 Å². The van der Waals surface area contributed by atoms with Gasteiger partial charge in [-0.15, -0.1) is 0 Å². The molecule has 0 heterocycles. The summed E-state index contributed by atoms with van der Waals surface area (Å²) in [4.78, 5) is 0. The predicted molar refractivity (Wildman–Crippen MR) is 41.6 cm³/mol. The molecule has 0 aromatic carbocycles. The molecule has 0 rings (SSSR count). The van der Waals surface area contributed by atoms with Crippen LogP contribution in [-0.2, 0) is 9.47 Å². The van der Waals surface area contributed by atoms with Gasteiger partial charge in [-0.25, -0.2) is 0 Å². The third kappa shape index (κ3) is 13.8. The molecule has 5 heteroatoms. The minimum Gasteiger partial charge on any atom is -0.394 e. The smallest absolute Gasteiger partial charge is 0.0701 e. The van der Waals surface area contributed by atoms with Crippen molar-refractivity contribution in [2.75, 3.05) is 39.6 Å². The van der Waals surface area contributed by atoms with Crippen LogP contribution in [0.1, 0.15) is 0 Å². The normalized spacial score (nSPS) is 9.27. The van der Waals surface area contributed by atoms with E-state index >= 15 is 0 Å². The van der Waals surface area contributed by atoms with Gasteiger partial charge in [0.15, 0.2) is 0 Å². The first-order chi connectivity index (χ1) is 4.91. The van der Waals surface area contributed by atoms with Crippen molar-refractivity contribution in [3.05, 3.63) is 0 Å². The molecule has 0 spiro atoms. The molecule has 1 radical (unpaired) electrons. The van der Waals surface area contributed by atoms with Gasteiger partial charge in [0.05, 0.1) is 39.6 Å². The Morgan fingerprint density at radius 3 is 1.36 bits per heavy atom. The first kappa shape index (κ1) is 14.4. The summed E-state index contributed by atoms with van der Waals surface area (Å²) in [7, 11) is 0. The van der Waals surface area contributed by atoms with E-state index in [0.717, 1.165) is 0 Å². The van der Waals surface area contributed by atoms with Crippen molar-refractivity contribution < 1.29 is 19.7 Å². The molecule has 0 unspecified atom stereocenters. The second-order valence-electron chi connectivity index (χ2n) is 1.67. The van der Waals surface area contributed by atoms with Gasteiger partial charge in [0.2, 0.25) is 0 Å². The van der Waals surface area contributed by atoms with Crippen LogP contribution in [0, 0.1) is 0 Å². The van der Waals surface area contributed by atoms with Crippen LogP contribution in [0.3, 0.4) is 0 Å². The van der Waals surface area contributed by atoms with Crippen LogP contribution in [0.4, 0.5) is 0 Å². The summed E-state index contributed by atoms with van der Waals surface area (Å²) in [6, 6.07) is 0. The van der Waals surface area contributed by atoms with E-state index in [1.807, 2.05) is 0 Å². The molecule has 0 saturated heterocycles. The van der Waals surface area contributed by atoms with E-state index in [4.69, 9.17) is 19.7 Å². The molecule has 0 aromatic rings. The molecule has 0 aromatic heterocycles. The van der Waals surface area contributed by atoms with E-state index in [1.54, 1.807) is 0 Å². The molecule has 0 aliphatic rings. The van der Waals surface area contributed by atoms with Crippen LogP contribution in [-0.4, -0.2) is 79.4 Å². The van der Waals surface area contributed by atoms with Crippen LogP contribution in [0.2, 0.25) is 0 Å². The standard InChI is InChI=1S/C6H14O4.Na/c7-1-3-9-5-6-10-4-2-8;/h7-8H,1-6H2;. The number of ether oxygens (including phenoxy) is 2. The van der Waals surface area contributed by atoms with Gasteiger partial charge in [0, 0.05) is 29.6 Å². The Kier molecular flexibility index (Phi) is 17.5. The molecular weight excluding hydrogens is 159 g/mol. The van der Waals surface area contributed by atoms with Crippen LogP contribution in [0.25, 0.3) is 0 Å². The fourth-order valence-corrected chi connectivity index (χ4v) is 0.451. The van der Waals surface area contributed by atoms with Crippen LogP contribution < -0.4 is 0 Å². The summed E-state index contributed by atoms with van der Waals surface area (Å²) in [5, 5.41) is 16.5. The van der Waals surface area contributed by atoms with Gasteiger partial charge in [-0.2, -0.15) is 0 Å². The van der Waals surface area contributed by atoms with Crippen LogP contribution >= 0.6 is 0 Å². The molecule has 0 aliphatic carbocycles. The maximum atomic E-state index is 8.26. The molecule has 0 saturated carbocycles. The van der Waals surface area contributed by atoms with E-state index in [9.17, 15) is 0 Å². The fourth-order valence-electron chi connectivity index (χ4n) is 0.451. The molecule has 0 atom stereocenters. The summed E-state index contributed by atoms with van der Waals surface area (Å²) >= 11 is 0. The van der Waals surface area contributed by atoms with Gasteiger partial charge in [-0.05, 0) is 0 Å². The topological polar surface area (TPSA) is 58.9 Å². The Bertz CT molecular complexity index is 54.5. The predicted octanol–water partition coefficient (Wildman–Crippen LogP) is -1.38. The molecule has 4 nitrogen and oxygen atoms in total. The van der Waals surface area contributed by atoms with Crippen molar-refractivity contribution in [1.29, 1.82) is 0 Å². The van der Waals surface area contributed by atoms with E-state index in [2.05, 4.69) is 0 Å². The van der Waals surface area contributed by atoms with Crippen molar-refractivity contribution in [2.45, 2.75) is 0 Å². The van der Waals surface area contributed by atoms with Gasteiger partial charge >= 0.3 is 0 Å². The minimum absolute atomic E-state index is 0. The number of aliphatic hydroxyl groups excluding tert-OH is 2. The zero-order valence-electron chi connectivity index (χ0n) is 6.95. The Morgan fingerprint density at radius 2 is 1.09 bits per heavy atom. The number of rotatable bonds is 7. The van der Waals surface area contributed by atoms with Gasteiger partial charge < -0.3 is 19.7 Å². The summed E-state index contributed by atoms with van der Waals surface area (Å²) < 4.78 is 9.75. The summed E-state index contributed by atoms with van der Waals surface area (Å²) in [6.07, 6.45) is 0. The largest absolute Gasteiger partial charge is 0.394 e. The molecule has 0 amide bonds. The van der Waals surface area contributed by atoms with Crippen molar-refractivity contribution in [3.63, 3.8) is 0 Å². The summed E-state index contributed by atoms with van der Waals surface area (Å²) in [5.41, 5.74) is 0. The van der Waals surface area contributed by atoms with Gasteiger partial charge in [0.25, 0.3) is 0 Å². The third-order valence-corrected chi connectivity index (χ3v) is 0.843. The van der Waals surface area contributed by atoms with Gasteiger partial charge in [-0.3, -0.25) is 0 Å². The summed E-state index contributed by atoms with van der Waals surface area (Å²) in [6.45, 7) is 1.73. The summed E-state index contributed by atoms with van der Waals surface area (Å²) in [5.74, 6) is 0. The maximum absolute atomic E-state index is 8.26. The molecule has 0 aliphatic heterocycles. The average Bonchev–Trinajstić information content (AvgIpc) is 1.97. The zero-order valence-corrected chi connectivity index (χ0v) is 8.95. The molecule has 0 fully saturated rings. The number of hydrogen-bond donors (Lipinski definition) is 2. The number of aliphatic hydroxyl groups is 2. The first-order valence-electron chi connectivity index (χ1n) is 3.29. The monoisotopic (exact) mass is 173 g/mol. The SMILES string of the molecule is OCCOCCOCCO.[Na]. The zero-order chi connectivity index (χ0) is 7.66. The molecule has 63 valence electrons. The minimum atomic E-state index is 0. The number of hydrogen-bond acceptors (Lipinski definition) is 4. The Hall–Kier alpha value is 0.840. The van der Waals surface area contributed by atoms with Crippen molar-refractivity contribution in [1.82, 2.24) is 0 Å². The average molecular weight is 173 g/mol. The van der Waals surface area contributed by atoms with Crippen molar-refractivity contribution in [2.24, 2.45) is 0 Å². The third-order valence-electron chi connectivity index (χ3n) is 0.843. The maximum Gasteiger partial charge on any atom is 0.0701 e. The van der Waals surface area contributed by atoms with Crippen LogP contribution in [0.5, 0.6) is 0 Å². The fraction of sp³-hybridized carbons (Fsp3) is 1.00. The Labute approximate surface area is 88.8 Å². The Morgan fingerprint density at radius 1 is 0.727 bits per heavy atom. The molecule has 11 heavy (non-hydrogen) atoms. The van der Waals surface area contributed by atoms with Crippen molar-refractivity contribution >= 4 is 29.6 Å². The molecular formula is C6H14NaO4. The van der Waals surface area contributed by atoms with E-state index < -0.39 is 0 Å².